The van der Waals surface area contributed by atoms with Gasteiger partial charge in [-0.25, -0.2) is 0 Å². The number of hydrogen-bond donors (Lipinski definition) is 0. The number of carbonyl (C=O) groups is 1. The fraction of sp³-hybridized carbons (Fsp3) is 0.333. The van der Waals surface area contributed by atoms with Crippen LogP contribution in [0.2, 0.25) is 0 Å². The van der Waals surface area contributed by atoms with E-state index in [2.05, 4.69) is 21.2 Å². The van der Waals surface area contributed by atoms with Gasteiger partial charge in [0.25, 0.3) is 11.8 Å². The molecule has 1 amide bonds. The molecule has 0 N–H and O–H groups in total. The molecule has 1 aliphatic rings. The summed E-state index contributed by atoms with van der Waals surface area (Å²) < 4.78 is 5.27. The number of nitrogens with zero attached hydrogens (tertiary/aromatic N) is 4. The molecule has 1 fully saturated rings. The highest BCUT2D eigenvalue weighted by Gasteiger charge is 2.26. The van der Waals surface area contributed by atoms with Crippen LogP contribution in [0.15, 0.2) is 53.3 Å². The normalized spacial score (nSPS) is 15.1. The maximum absolute atomic E-state index is 13.1. The molecule has 27 heavy (non-hydrogen) atoms. The highest BCUT2D eigenvalue weighted by atomic mass is 16.5. The molecule has 4 rings (SSSR count). The molecule has 0 saturated carbocycles. The molecule has 0 unspecified atom stereocenters. The van der Waals surface area contributed by atoms with Gasteiger partial charge in [-0.15, -0.1) is 0 Å². The Hall–Kier alpha value is -3.02. The van der Waals surface area contributed by atoms with Crippen LogP contribution in [0.3, 0.4) is 0 Å². The molecule has 1 aromatic carbocycles. The average molecular weight is 362 g/mol. The third kappa shape index (κ3) is 3.89. The highest BCUT2D eigenvalue weighted by Crippen LogP contribution is 2.26. The van der Waals surface area contributed by atoms with Crippen LogP contribution >= 0.6 is 0 Å². The summed E-state index contributed by atoms with van der Waals surface area (Å²) in [5.41, 5.74) is 2.58. The average Bonchev–Trinajstić information content (AvgIpc) is 3.15. The summed E-state index contributed by atoms with van der Waals surface area (Å²) in [6.45, 7) is 3.30. The van der Waals surface area contributed by atoms with Gasteiger partial charge in [0.15, 0.2) is 5.82 Å². The second-order valence-electron chi connectivity index (χ2n) is 6.99. The maximum atomic E-state index is 13.1. The summed E-state index contributed by atoms with van der Waals surface area (Å²) in [5, 5.41) is 3.84. The number of hydrogen-bond acceptors (Lipinski definition) is 5. The predicted molar refractivity (Wildman–Crippen MR) is 101 cm³/mol. The van der Waals surface area contributed by atoms with Gasteiger partial charge < -0.3 is 9.42 Å². The third-order valence-corrected chi connectivity index (χ3v) is 5.06. The van der Waals surface area contributed by atoms with Gasteiger partial charge in [0.05, 0.1) is 11.1 Å². The quantitative estimate of drug-likeness (QED) is 0.710. The lowest BCUT2D eigenvalue weighted by Crippen LogP contribution is -2.39. The number of aromatic nitrogens is 3. The van der Waals surface area contributed by atoms with E-state index in [9.17, 15) is 4.79 Å². The molecule has 0 bridgehead atoms. The monoisotopic (exact) mass is 362 g/mol. The molecular formula is C21H22N4O2. The summed E-state index contributed by atoms with van der Waals surface area (Å²) >= 11 is 0. The number of rotatable bonds is 4. The molecule has 0 atom stereocenters. The van der Waals surface area contributed by atoms with E-state index < -0.39 is 0 Å². The largest absolute Gasteiger partial charge is 0.339 e. The van der Waals surface area contributed by atoms with E-state index in [1.165, 1.54) is 5.56 Å². The Morgan fingerprint density at radius 1 is 1.19 bits per heavy atom. The molecule has 138 valence electrons. The molecule has 6 nitrogen and oxygen atoms in total. The van der Waals surface area contributed by atoms with E-state index in [4.69, 9.17) is 4.52 Å². The van der Waals surface area contributed by atoms with Crippen molar-refractivity contribution in [1.29, 1.82) is 0 Å². The molecule has 1 saturated heterocycles. The minimum absolute atomic E-state index is 0.0290. The van der Waals surface area contributed by atoms with Gasteiger partial charge >= 0.3 is 0 Å². The van der Waals surface area contributed by atoms with Crippen LogP contribution < -0.4 is 0 Å². The Kier molecular flexibility index (Phi) is 4.96. The first kappa shape index (κ1) is 17.4. The van der Waals surface area contributed by atoms with Crippen molar-refractivity contribution in [2.45, 2.75) is 26.2 Å². The maximum Gasteiger partial charge on any atom is 0.258 e. The van der Waals surface area contributed by atoms with Crippen molar-refractivity contribution < 1.29 is 9.32 Å². The molecule has 0 aliphatic carbocycles. The molecule has 3 heterocycles. The van der Waals surface area contributed by atoms with Crippen LogP contribution in [0.5, 0.6) is 0 Å². The van der Waals surface area contributed by atoms with Gasteiger partial charge in [-0.1, -0.05) is 23.4 Å². The van der Waals surface area contributed by atoms with Gasteiger partial charge in [-0.05, 0) is 55.9 Å². The van der Waals surface area contributed by atoms with Crippen LogP contribution in [0.25, 0.3) is 11.5 Å². The number of aryl methyl sites for hydroxylation is 1. The van der Waals surface area contributed by atoms with E-state index in [0.29, 0.717) is 28.8 Å². The Morgan fingerprint density at radius 3 is 2.70 bits per heavy atom. The minimum atomic E-state index is 0.0290. The number of piperidine rings is 1. The first-order chi connectivity index (χ1) is 13.2. The van der Waals surface area contributed by atoms with Crippen molar-refractivity contribution in [3.8, 4) is 11.5 Å². The summed E-state index contributed by atoms with van der Waals surface area (Å²) in [6.07, 6.45) is 6.76. The Bertz CT molecular complexity index is 915. The number of benzene rings is 1. The summed E-state index contributed by atoms with van der Waals surface area (Å²) in [4.78, 5) is 23.5. The molecule has 6 heteroatoms. The third-order valence-electron chi connectivity index (χ3n) is 5.06. The van der Waals surface area contributed by atoms with Crippen LogP contribution in [-0.2, 0) is 6.42 Å². The van der Waals surface area contributed by atoms with E-state index in [1.54, 1.807) is 13.1 Å². The fourth-order valence-electron chi connectivity index (χ4n) is 3.63. The van der Waals surface area contributed by atoms with E-state index in [0.717, 1.165) is 32.4 Å². The van der Waals surface area contributed by atoms with Crippen molar-refractivity contribution in [3.05, 3.63) is 65.7 Å². The van der Waals surface area contributed by atoms with Crippen molar-refractivity contribution in [2.75, 3.05) is 13.1 Å². The van der Waals surface area contributed by atoms with Gasteiger partial charge in [0.1, 0.15) is 0 Å². The van der Waals surface area contributed by atoms with Crippen molar-refractivity contribution in [2.24, 2.45) is 5.92 Å². The van der Waals surface area contributed by atoms with E-state index >= 15 is 0 Å². The number of amides is 1. The van der Waals surface area contributed by atoms with E-state index in [-0.39, 0.29) is 5.91 Å². The standard InChI is InChI=1S/C21H22N4O2/c1-15-23-20(27-24-15)18-6-2-3-7-19(18)21(26)25-11-8-16(9-12-25)13-17-5-4-10-22-14-17/h2-7,10,14,16H,8-9,11-13H2,1H3. The number of carbonyl (C=O) groups excluding carboxylic acids is 1. The Balaban J connectivity index is 1.44. The zero-order valence-electron chi connectivity index (χ0n) is 15.3. The molecular weight excluding hydrogens is 340 g/mol. The predicted octanol–water partition coefficient (Wildman–Crippen LogP) is 3.53. The van der Waals surface area contributed by atoms with Crippen molar-refractivity contribution in [1.82, 2.24) is 20.0 Å². The zero-order chi connectivity index (χ0) is 18.6. The van der Waals surface area contributed by atoms with E-state index in [1.807, 2.05) is 41.4 Å². The first-order valence-electron chi connectivity index (χ1n) is 9.28. The molecule has 2 aromatic heterocycles. The number of likely N-dealkylation sites (tertiary alicyclic amines) is 1. The van der Waals surface area contributed by atoms with Gasteiger partial charge in [-0.2, -0.15) is 4.98 Å². The smallest absolute Gasteiger partial charge is 0.258 e. The lowest BCUT2D eigenvalue weighted by molar-refractivity contribution is 0.0691. The van der Waals surface area contributed by atoms with Crippen LogP contribution in [0.4, 0.5) is 0 Å². The van der Waals surface area contributed by atoms with Crippen LogP contribution in [-0.4, -0.2) is 39.0 Å². The van der Waals surface area contributed by atoms with Gasteiger partial charge in [0, 0.05) is 25.5 Å². The van der Waals surface area contributed by atoms with Gasteiger partial charge in [-0.3, -0.25) is 9.78 Å². The van der Waals surface area contributed by atoms with Crippen molar-refractivity contribution in [3.63, 3.8) is 0 Å². The molecule has 1 aliphatic heterocycles. The minimum Gasteiger partial charge on any atom is -0.339 e. The molecule has 3 aromatic rings. The summed E-state index contributed by atoms with van der Waals surface area (Å²) in [7, 11) is 0. The second kappa shape index (κ2) is 7.70. The summed E-state index contributed by atoms with van der Waals surface area (Å²) in [5.74, 6) is 1.57. The number of pyridine rings is 1. The van der Waals surface area contributed by atoms with Gasteiger partial charge in [0.2, 0.25) is 0 Å². The highest BCUT2D eigenvalue weighted by molar-refractivity contribution is 6.00. The fourth-order valence-corrected chi connectivity index (χ4v) is 3.63. The van der Waals surface area contributed by atoms with Crippen LogP contribution in [0, 0.1) is 12.8 Å². The van der Waals surface area contributed by atoms with Crippen LogP contribution in [0.1, 0.15) is 34.6 Å². The Labute approximate surface area is 158 Å². The molecule has 0 spiro atoms. The van der Waals surface area contributed by atoms with Crippen molar-refractivity contribution >= 4 is 5.91 Å². The second-order valence-corrected chi connectivity index (χ2v) is 6.99. The topological polar surface area (TPSA) is 72.1 Å². The summed E-state index contributed by atoms with van der Waals surface area (Å²) in [6, 6.07) is 11.5. The first-order valence-corrected chi connectivity index (χ1v) is 9.28. The Morgan fingerprint density at radius 2 is 2.00 bits per heavy atom. The lowest BCUT2D eigenvalue weighted by atomic mass is 9.90. The lowest BCUT2D eigenvalue weighted by Gasteiger charge is -2.32. The zero-order valence-corrected chi connectivity index (χ0v) is 15.3. The molecule has 0 radical (unpaired) electrons. The SMILES string of the molecule is Cc1noc(-c2ccccc2C(=O)N2CCC(Cc3cccnc3)CC2)n1.